The first-order valence-electron chi connectivity index (χ1n) is 4.67. The molecule has 2 rings (SSSR count). The van der Waals surface area contributed by atoms with E-state index in [0.717, 1.165) is 15.6 Å². The minimum Gasteiger partial charge on any atom is -0.192 e. The number of halogens is 2. The van der Waals surface area contributed by atoms with E-state index in [9.17, 15) is 0 Å². The van der Waals surface area contributed by atoms with Gasteiger partial charge in [0.05, 0.1) is 5.56 Å². The second kappa shape index (κ2) is 4.69. The molecule has 16 heavy (non-hydrogen) atoms. The van der Waals surface area contributed by atoms with Crippen molar-refractivity contribution in [3.05, 3.63) is 57.5 Å². The molecule has 0 unspecified atom stereocenters. The quantitative estimate of drug-likeness (QED) is 0.751. The summed E-state index contributed by atoms with van der Waals surface area (Å²) in [6.45, 7) is 0. The van der Waals surface area contributed by atoms with Gasteiger partial charge in [-0.1, -0.05) is 41.9 Å². The maximum absolute atomic E-state index is 9.13. The summed E-state index contributed by atoms with van der Waals surface area (Å²) in [5.41, 5.74) is 2.44. The van der Waals surface area contributed by atoms with Crippen LogP contribution in [0.25, 0.3) is 11.1 Å². The summed E-state index contributed by atoms with van der Waals surface area (Å²) in [7, 11) is 0. The van der Waals surface area contributed by atoms with Crippen molar-refractivity contribution >= 4 is 27.5 Å². The predicted molar refractivity (Wildman–Crippen MR) is 69.3 cm³/mol. The highest BCUT2D eigenvalue weighted by molar-refractivity contribution is 9.10. The number of benzene rings is 2. The number of nitrogens with zero attached hydrogens (tertiary/aromatic N) is 1. The molecule has 0 aromatic heterocycles. The highest BCUT2D eigenvalue weighted by Crippen LogP contribution is 2.32. The van der Waals surface area contributed by atoms with Gasteiger partial charge in [0.25, 0.3) is 0 Å². The molecule has 78 valence electrons. The van der Waals surface area contributed by atoms with E-state index in [1.807, 2.05) is 30.3 Å². The van der Waals surface area contributed by atoms with Crippen LogP contribution in [0, 0.1) is 11.3 Å². The third-order valence-electron chi connectivity index (χ3n) is 2.25. The number of rotatable bonds is 1. The van der Waals surface area contributed by atoms with Crippen LogP contribution in [-0.4, -0.2) is 0 Å². The van der Waals surface area contributed by atoms with Crippen molar-refractivity contribution in [1.82, 2.24) is 0 Å². The molecule has 3 heteroatoms. The fraction of sp³-hybridized carbons (Fsp3) is 0. The molecule has 0 aliphatic heterocycles. The van der Waals surface area contributed by atoms with Gasteiger partial charge in [-0.3, -0.25) is 0 Å². The van der Waals surface area contributed by atoms with E-state index < -0.39 is 0 Å². The molecule has 2 aromatic rings. The van der Waals surface area contributed by atoms with E-state index in [-0.39, 0.29) is 0 Å². The molecule has 0 spiro atoms. The van der Waals surface area contributed by atoms with Crippen LogP contribution in [0.4, 0.5) is 0 Å². The maximum Gasteiger partial charge on any atom is 0.101 e. The maximum atomic E-state index is 9.13. The summed E-state index contributed by atoms with van der Waals surface area (Å²) in [4.78, 5) is 0. The Morgan fingerprint density at radius 3 is 2.44 bits per heavy atom. The molecule has 1 nitrogen and oxygen atoms in total. The molecule has 0 heterocycles. The topological polar surface area (TPSA) is 23.8 Å². The molecular weight excluding hydrogens is 286 g/mol. The average Bonchev–Trinajstić information content (AvgIpc) is 2.29. The first-order chi connectivity index (χ1) is 7.72. The van der Waals surface area contributed by atoms with E-state index in [1.165, 1.54) is 0 Å². The summed E-state index contributed by atoms with van der Waals surface area (Å²) in [6, 6.07) is 15.4. The Morgan fingerprint density at radius 1 is 1.12 bits per heavy atom. The molecule has 0 radical (unpaired) electrons. The lowest BCUT2D eigenvalue weighted by Gasteiger charge is -2.06. The number of hydrogen-bond donors (Lipinski definition) is 0. The Kier molecular flexibility index (Phi) is 3.28. The van der Waals surface area contributed by atoms with Crippen molar-refractivity contribution in [2.24, 2.45) is 0 Å². The second-order valence-corrected chi connectivity index (χ2v) is 4.58. The van der Waals surface area contributed by atoms with E-state index in [1.54, 1.807) is 12.1 Å². The molecule has 0 N–H and O–H groups in total. The molecular formula is C13H7BrClN. The van der Waals surface area contributed by atoms with Gasteiger partial charge in [-0.2, -0.15) is 5.26 Å². The Bertz CT molecular complexity index is 558. The lowest BCUT2D eigenvalue weighted by molar-refractivity contribution is 1.46. The molecule has 0 saturated heterocycles. The number of nitriles is 1. The van der Waals surface area contributed by atoms with Gasteiger partial charge in [-0.15, -0.1) is 0 Å². The zero-order valence-corrected chi connectivity index (χ0v) is 10.6. The lowest BCUT2D eigenvalue weighted by Crippen LogP contribution is -1.86. The molecule has 0 aliphatic carbocycles. The summed E-state index contributed by atoms with van der Waals surface area (Å²) < 4.78 is 0.723. The standard InChI is InChI=1S/C13H7BrClN/c14-13-7-10(15)6-11(12(13)8-16)9-4-2-1-3-5-9/h1-7H. The molecule has 0 bridgehead atoms. The fourth-order valence-corrected chi connectivity index (χ4v) is 2.43. The molecule has 0 aliphatic rings. The summed E-state index contributed by atoms with van der Waals surface area (Å²) in [5.74, 6) is 0. The molecule has 0 amide bonds. The minimum atomic E-state index is 0.607. The third kappa shape index (κ3) is 2.11. The van der Waals surface area contributed by atoms with Crippen LogP contribution >= 0.6 is 27.5 Å². The van der Waals surface area contributed by atoms with Gasteiger partial charge in [0.1, 0.15) is 6.07 Å². The van der Waals surface area contributed by atoms with Gasteiger partial charge in [0, 0.05) is 15.1 Å². The zero-order chi connectivity index (χ0) is 11.5. The summed E-state index contributed by atoms with van der Waals surface area (Å²) >= 11 is 9.34. The molecule has 0 atom stereocenters. The first kappa shape index (κ1) is 11.2. The summed E-state index contributed by atoms with van der Waals surface area (Å²) in [5, 5.41) is 9.74. The Morgan fingerprint density at radius 2 is 1.81 bits per heavy atom. The van der Waals surface area contributed by atoms with Gasteiger partial charge in [0.2, 0.25) is 0 Å². The monoisotopic (exact) mass is 291 g/mol. The summed E-state index contributed by atoms with van der Waals surface area (Å²) in [6.07, 6.45) is 0. The Balaban J connectivity index is 2.70. The smallest absolute Gasteiger partial charge is 0.101 e. The van der Waals surface area contributed by atoms with Crippen LogP contribution in [-0.2, 0) is 0 Å². The van der Waals surface area contributed by atoms with Gasteiger partial charge in [-0.25, -0.2) is 0 Å². The van der Waals surface area contributed by atoms with Crippen molar-refractivity contribution in [2.45, 2.75) is 0 Å². The van der Waals surface area contributed by atoms with Crippen LogP contribution in [0.2, 0.25) is 5.02 Å². The number of hydrogen-bond acceptors (Lipinski definition) is 1. The third-order valence-corrected chi connectivity index (χ3v) is 3.10. The van der Waals surface area contributed by atoms with E-state index in [0.29, 0.717) is 10.6 Å². The van der Waals surface area contributed by atoms with Crippen molar-refractivity contribution < 1.29 is 0 Å². The van der Waals surface area contributed by atoms with Crippen molar-refractivity contribution in [3.63, 3.8) is 0 Å². The lowest BCUT2D eigenvalue weighted by atomic mass is 10.0. The van der Waals surface area contributed by atoms with Crippen LogP contribution in [0.15, 0.2) is 46.9 Å². The van der Waals surface area contributed by atoms with Crippen molar-refractivity contribution in [2.75, 3.05) is 0 Å². The van der Waals surface area contributed by atoms with Crippen LogP contribution < -0.4 is 0 Å². The predicted octanol–water partition coefficient (Wildman–Crippen LogP) is 4.64. The van der Waals surface area contributed by atoms with Crippen molar-refractivity contribution in [3.8, 4) is 17.2 Å². The van der Waals surface area contributed by atoms with Gasteiger partial charge in [-0.05, 0) is 33.6 Å². The highest BCUT2D eigenvalue weighted by Gasteiger charge is 2.09. The van der Waals surface area contributed by atoms with Crippen molar-refractivity contribution in [1.29, 1.82) is 5.26 Å². The molecule has 0 fully saturated rings. The van der Waals surface area contributed by atoms with Crippen LogP contribution in [0.1, 0.15) is 5.56 Å². The van der Waals surface area contributed by atoms with Crippen LogP contribution in [0.5, 0.6) is 0 Å². The van der Waals surface area contributed by atoms with Gasteiger partial charge < -0.3 is 0 Å². The van der Waals surface area contributed by atoms with E-state index in [2.05, 4.69) is 22.0 Å². The highest BCUT2D eigenvalue weighted by atomic mass is 79.9. The fourth-order valence-electron chi connectivity index (χ4n) is 1.53. The molecule has 2 aromatic carbocycles. The largest absolute Gasteiger partial charge is 0.192 e. The second-order valence-electron chi connectivity index (χ2n) is 3.29. The van der Waals surface area contributed by atoms with E-state index in [4.69, 9.17) is 16.9 Å². The Hall–Kier alpha value is -1.30. The van der Waals surface area contributed by atoms with Gasteiger partial charge in [0.15, 0.2) is 0 Å². The normalized spacial score (nSPS) is 9.81. The first-order valence-corrected chi connectivity index (χ1v) is 5.84. The van der Waals surface area contributed by atoms with Gasteiger partial charge >= 0.3 is 0 Å². The zero-order valence-electron chi connectivity index (χ0n) is 8.24. The molecule has 0 saturated carbocycles. The SMILES string of the molecule is N#Cc1c(Br)cc(Cl)cc1-c1ccccc1. The Labute approximate surface area is 107 Å². The van der Waals surface area contributed by atoms with Crippen LogP contribution in [0.3, 0.4) is 0 Å². The minimum absolute atomic E-state index is 0.607. The van der Waals surface area contributed by atoms with E-state index >= 15 is 0 Å². The average molecular weight is 293 g/mol.